The number of aromatic nitrogens is 2. The quantitative estimate of drug-likeness (QED) is 0.136. The Labute approximate surface area is 312 Å². The summed E-state index contributed by atoms with van der Waals surface area (Å²) in [6.07, 6.45) is -5.95. The predicted molar refractivity (Wildman–Crippen MR) is 190 cm³/mol. The molecule has 15 nitrogen and oxygen atoms in total. The number of fused-ring (bicyclic) bond motifs is 1. The second-order valence-corrected chi connectivity index (χ2v) is 13.4. The Kier molecular flexibility index (Phi) is 12.7. The van der Waals surface area contributed by atoms with Crippen LogP contribution in [0.1, 0.15) is 34.6 Å². The zero-order valence-corrected chi connectivity index (χ0v) is 31.1. The van der Waals surface area contributed by atoms with E-state index in [1.54, 1.807) is 37.3 Å². The molecule has 1 fully saturated rings. The predicted octanol–water partition coefficient (Wildman–Crippen LogP) is 4.64. The standard InChI is InChI=1S/C36H37ClN2O13S/c1-18(48-36-33(51-22(5)43)32(50-21(4)42)31(49-20(3)41)29(52-36)16-46-19(2)40)15-47-27-12-11-25(13-28(27)45-6)39-17-38-26-14-30(53-34(26)35(39)44)23-7-9-24(37)10-8-23/h7-14,17-18,29,31-33,36H,15-16H2,1-6H3/t18?,29-,31+,32+,33-,36+/m1/s1. The van der Waals surface area contributed by atoms with Gasteiger partial charge < -0.3 is 37.9 Å². The molecule has 17 heteroatoms. The van der Waals surface area contributed by atoms with Gasteiger partial charge in [-0.05, 0) is 42.8 Å². The summed E-state index contributed by atoms with van der Waals surface area (Å²) in [7, 11) is 1.45. The number of thiophene rings is 1. The van der Waals surface area contributed by atoms with Crippen molar-refractivity contribution in [3.63, 3.8) is 0 Å². The average Bonchev–Trinajstić information content (AvgIpc) is 3.54. The van der Waals surface area contributed by atoms with Crippen LogP contribution in [0.5, 0.6) is 11.5 Å². The number of hydrogen-bond donors (Lipinski definition) is 0. The van der Waals surface area contributed by atoms with Crippen molar-refractivity contribution in [2.24, 2.45) is 0 Å². The average molecular weight is 773 g/mol. The van der Waals surface area contributed by atoms with E-state index in [-0.39, 0.29) is 12.2 Å². The van der Waals surface area contributed by atoms with Crippen molar-refractivity contribution in [1.29, 1.82) is 0 Å². The first kappa shape index (κ1) is 39.2. The normalized spacial score (nSPS) is 20.2. The molecular weight excluding hydrogens is 736 g/mol. The molecular formula is C36H37ClN2O13S. The van der Waals surface area contributed by atoms with Crippen molar-refractivity contribution >= 4 is 57.0 Å². The molecule has 2 aromatic heterocycles. The zero-order chi connectivity index (χ0) is 38.4. The van der Waals surface area contributed by atoms with E-state index >= 15 is 0 Å². The minimum absolute atomic E-state index is 0.0846. The smallest absolute Gasteiger partial charge is 0.303 e. The molecule has 0 amide bonds. The topological polar surface area (TPSA) is 177 Å². The van der Waals surface area contributed by atoms with E-state index in [1.807, 2.05) is 18.2 Å². The third kappa shape index (κ3) is 9.70. The van der Waals surface area contributed by atoms with Crippen LogP contribution in [0.15, 0.2) is 59.7 Å². The molecule has 3 heterocycles. The summed E-state index contributed by atoms with van der Waals surface area (Å²) in [5.74, 6) is -2.29. The largest absolute Gasteiger partial charge is 0.493 e. The highest BCUT2D eigenvalue weighted by Crippen LogP contribution is 2.34. The molecule has 0 spiro atoms. The fourth-order valence-electron chi connectivity index (χ4n) is 5.55. The third-order valence-electron chi connectivity index (χ3n) is 7.78. The lowest BCUT2D eigenvalue weighted by atomic mass is 9.98. The van der Waals surface area contributed by atoms with Crippen LogP contribution in [-0.4, -0.2) is 90.6 Å². The van der Waals surface area contributed by atoms with Crippen LogP contribution < -0.4 is 15.0 Å². The Bertz CT molecular complexity index is 2030. The number of carbonyl (C=O) groups excluding carboxylic acids is 4. The van der Waals surface area contributed by atoms with Crippen molar-refractivity contribution in [1.82, 2.24) is 9.55 Å². The lowest BCUT2D eigenvalue weighted by Gasteiger charge is -2.44. The number of esters is 4. The SMILES string of the molecule is COc1cc(-n2cnc3cc(-c4ccc(Cl)cc4)sc3c2=O)ccc1OCC(C)O[C@H]1O[C@H](COC(C)=O)[C@H](OC(C)=O)[C@H](OC(C)=O)[C@H]1OC(C)=O. The molecule has 282 valence electrons. The van der Waals surface area contributed by atoms with Gasteiger partial charge in [0.25, 0.3) is 5.56 Å². The number of halogens is 1. The maximum atomic E-state index is 13.6. The fraction of sp³-hybridized carbons (Fsp3) is 0.389. The molecule has 0 radical (unpaired) electrons. The van der Waals surface area contributed by atoms with E-state index in [4.69, 9.17) is 49.5 Å². The first-order chi connectivity index (χ1) is 25.2. The molecule has 2 aromatic carbocycles. The Balaban J connectivity index is 1.34. The van der Waals surface area contributed by atoms with E-state index in [0.29, 0.717) is 32.4 Å². The van der Waals surface area contributed by atoms with Gasteiger partial charge in [0, 0.05) is 43.7 Å². The monoisotopic (exact) mass is 772 g/mol. The number of benzene rings is 2. The summed E-state index contributed by atoms with van der Waals surface area (Å²) in [6.45, 7) is 5.74. The Morgan fingerprint density at radius 3 is 2.19 bits per heavy atom. The van der Waals surface area contributed by atoms with E-state index in [2.05, 4.69) is 4.98 Å². The second kappa shape index (κ2) is 17.2. The van der Waals surface area contributed by atoms with Crippen LogP contribution in [0.25, 0.3) is 26.3 Å². The van der Waals surface area contributed by atoms with Gasteiger partial charge in [-0.3, -0.25) is 28.5 Å². The Hall–Kier alpha value is -5.03. The molecule has 1 aliphatic rings. The van der Waals surface area contributed by atoms with Gasteiger partial charge in [-0.1, -0.05) is 23.7 Å². The molecule has 0 N–H and O–H groups in total. The Morgan fingerprint density at radius 2 is 1.55 bits per heavy atom. The van der Waals surface area contributed by atoms with Crippen LogP contribution in [-0.2, 0) is 47.6 Å². The first-order valence-corrected chi connectivity index (χ1v) is 17.5. The molecule has 1 saturated heterocycles. The molecule has 1 aliphatic heterocycles. The van der Waals surface area contributed by atoms with Gasteiger partial charge in [0.2, 0.25) is 0 Å². The van der Waals surface area contributed by atoms with Crippen LogP contribution in [0, 0.1) is 0 Å². The first-order valence-electron chi connectivity index (χ1n) is 16.3. The van der Waals surface area contributed by atoms with Crippen molar-refractivity contribution in [2.75, 3.05) is 20.3 Å². The molecule has 6 atom stereocenters. The van der Waals surface area contributed by atoms with Crippen LogP contribution in [0.3, 0.4) is 0 Å². The van der Waals surface area contributed by atoms with Crippen molar-refractivity contribution in [3.8, 4) is 27.6 Å². The van der Waals surface area contributed by atoms with E-state index < -0.39 is 67.3 Å². The minimum Gasteiger partial charge on any atom is -0.493 e. The number of hydrogen-bond acceptors (Lipinski definition) is 15. The summed E-state index contributed by atoms with van der Waals surface area (Å²) in [5.41, 5.74) is 1.71. The second-order valence-electron chi connectivity index (χ2n) is 11.9. The molecule has 5 rings (SSSR count). The number of nitrogens with zero attached hydrogens (tertiary/aromatic N) is 2. The van der Waals surface area contributed by atoms with Gasteiger partial charge >= 0.3 is 23.9 Å². The summed E-state index contributed by atoms with van der Waals surface area (Å²) in [4.78, 5) is 66.8. The van der Waals surface area contributed by atoms with Crippen molar-refractivity contribution in [3.05, 3.63) is 70.2 Å². The lowest BCUT2D eigenvalue weighted by molar-refractivity contribution is -0.316. The Morgan fingerprint density at radius 1 is 0.887 bits per heavy atom. The van der Waals surface area contributed by atoms with E-state index in [9.17, 15) is 24.0 Å². The van der Waals surface area contributed by atoms with Crippen molar-refractivity contribution < 1.29 is 57.1 Å². The molecule has 53 heavy (non-hydrogen) atoms. The van der Waals surface area contributed by atoms with E-state index in [0.717, 1.165) is 31.2 Å². The highest BCUT2D eigenvalue weighted by molar-refractivity contribution is 7.22. The minimum atomic E-state index is -1.39. The summed E-state index contributed by atoms with van der Waals surface area (Å²) in [6, 6.07) is 14.1. The van der Waals surface area contributed by atoms with Gasteiger partial charge in [0.1, 0.15) is 30.3 Å². The molecule has 0 bridgehead atoms. The van der Waals surface area contributed by atoms with Gasteiger partial charge in [0.15, 0.2) is 36.1 Å². The van der Waals surface area contributed by atoms with E-state index in [1.165, 1.54) is 36.3 Å². The number of rotatable bonds is 13. The summed E-state index contributed by atoms with van der Waals surface area (Å²) in [5, 5.41) is 0.612. The van der Waals surface area contributed by atoms with Crippen LogP contribution >= 0.6 is 22.9 Å². The number of methoxy groups -OCH3 is 1. The lowest BCUT2D eigenvalue weighted by Crippen LogP contribution is -2.63. The highest BCUT2D eigenvalue weighted by Gasteiger charge is 2.53. The van der Waals surface area contributed by atoms with Crippen molar-refractivity contribution in [2.45, 2.75) is 71.4 Å². The summed E-state index contributed by atoms with van der Waals surface area (Å²) >= 11 is 7.36. The van der Waals surface area contributed by atoms with Gasteiger partial charge in [0.05, 0.1) is 24.4 Å². The third-order valence-corrected chi connectivity index (χ3v) is 9.19. The molecule has 4 aromatic rings. The molecule has 0 saturated carbocycles. The summed E-state index contributed by atoms with van der Waals surface area (Å²) < 4.78 is 47.0. The maximum Gasteiger partial charge on any atom is 0.303 e. The number of carbonyl (C=O) groups is 4. The number of ether oxygens (including phenoxy) is 8. The van der Waals surface area contributed by atoms with Gasteiger partial charge in [-0.2, -0.15) is 0 Å². The van der Waals surface area contributed by atoms with Gasteiger partial charge in [-0.25, -0.2) is 4.98 Å². The molecule has 0 aliphatic carbocycles. The van der Waals surface area contributed by atoms with Crippen LogP contribution in [0.4, 0.5) is 0 Å². The molecule has 1 unspecified atom stereocenters. The van der Waals surface area contributed by atoms with Gasteiger partial charge in [-0.15, -0.1) is 11.3 Å². The highest BCUT2D eigenvalue weighted by atomic mass is 35.5. The van der Waals surface area contributed by atoms with Crippen LogP contribution in [0.2, 0.25) is 5.02 Å². The fourth-order valence-corrected chi connectivity index (χ4v) is 6.72. The zero-order valence-electron chi connectivity index (χ0n) is 29.6. The maximum absolute atomic E-state index is 13.6.